The average Bonchev–Trinajstić information content (AvgIpc) is 3.39. The van der Waals surface area contributed by atoms with E-state index in [4.69, 9.17) is 0 Å². The number of aryl methyl sites for hydroxylation is 1. The molecule has 1 fully saturated rings. The molecule has 2 atom stereocenters. The fourth-order valence-corrected chi connectivity index (χ4v) is 6.40. The number of amides is 3. The number of benzene rings is 2. The number of carbonyl (C=O) groups excluding carboxylic acids is 3. The monoisotopic (exact) mass is 508 g/mol. The minimum atomic E-state index is -0.651. The van der Waals surface area contributed by atoms with Gasteiger partial charge in [0.25, 0.3) is 0 Å². The van der Waals surface area contributed by atoms with Crippen molar-refractivity contribution in [3.05, 3.63) is 88.6 Å². The SMILES string of the molecule is Cc1cccc([C@@H]2CCC(C)(C)C(=O)N2CC(=O)Nc2ccc3c(c2)C[C@@]2(C3)C(=O)Nc3ncccc32)c1. The van der Waals surface area contributed by atoms with Gasteiger partial charge in [-0.05, 0) is 67.5 Å². The Morgan fingerprint density at radius 1 is 1.08 bits per heavy atom. The van der Waals surface area contributed by atoms with Crippen molar-refractivity contribution in [1.82, 2.24) is 9.88 Å². The van der Waals surface area contributed by atoms with Crippen molar-refractivity contribution in [3.63, 3.8) is 0 Å². The van der Waals surface area contributed by atoms with Crippen molar-refractivity contribution < 1.29 is 14.4 Å². The minimum Gasteiger partial charge on any atom is -0.326 e. The van der Waals surface area contributed by atoms with Gasteiger partial charge in [-0.2, -0.15) is 0 Å². The first kappa shape index (κ1) is 24.3. The van der Waals surface area contributed by atoms with Gasteiger partial charge in [0.1, 0.15) is 12.4 Å². The molecular formula is C31H32N4O3. The molecule has 0 unspecified atom stereocenters. The van der Waals surface area contributed by atoms with Gasteiger partial charge in [-0.3, -0.25) is 14.4 Å². The molecule has 0 radical (unpaired) electrons. The van der Waals surface area contributed by atoms with Crippen molar-refractivity contribution in [2.45, 2.75) is 57.9 Å². The van der Waals surface area contributed by atoms with E-state index in [9.17, 15) is 14.4 Å². The van der Waals surface area contributed by atoms with Crippen LogP contribution in [0.2, 0.25) is 0 Å². The van der Waals surface area contributed by atoms with Gasteiger partial charge in [0.05, 0.1) is 11.5 Å². The summed E-state index contributed by atoms with van der Waals surface area (Å²) in [5, 5.41) is 5.95. The number of rotatable bonds is 4. The number of nitrogens with zero attached hydrogens (tertiary/aromatic N) is 2. The summed E-state index contributed by atoms with van der Waals surface area (Å²) < 4.78 is 0. The minimum absolute atomic E-state index is 0.000761. The zero-order chi connectivity index (χ0) is 26.7. The lowest BCUT2D eigenvalue weighted by molar-refractivity contribution is -0.150. The molecule has 1 spiro atoms. The molecule has 2 N–H and O–H groups in total. The first-order valence-electron chi connectivity index (χ1n) is 13.2. The fraction of sp³-hybridized carbons (Fsp3) is 0.355. The van der Waals surface area contributed by atoms with Crippen LogP contribution in [0.5, 0.6) is 0 Å². The van der Waals surface area contributed by atoms with E-state index >= 15 is 0 Å². The van der Waals surface area contributed by atoms with Crippen LogP contribution in [0, 0.1) is 12.3 Å². The molecule has 3 heterocycles. The molecule has 194 valence electrons. The molecule has 1 saturated heterocycles. The largest absolute Gasteiger partial charge is 0.326 e. The number of nitrogens with one attached hydrogen (secondary N) is 2. The number of piperidine rings is 1. The lowest BCUT2D eigenvalue weighted by Gasteiger charge is -2.43. The van der Waals surface area contributed by atoms with Crippen molar-refractivity contribution in [1.29, 1.82) is 0 Å². The number of hydrogen-bond acceptors (Lipinski definition) is 4. The topological polar surface area (TPSA) is 91.4 Å². The van der Waals surface area contributed by atoms with Crippen molar-refractivity contribution in [3.8, 4) is 0 Å². The first-order chi connectivity index (χ1) is 18.2. The van der Waals surface area contributed by atoms with Crippen LogP contribution >= 0.6 is 0 Å². The van der Waals surface area contributed by atoms with Gasteiger partial charge >= 0.3 is 0 Å². The number of fused-ring (bicyclic) bond motifs is 3. The number of hydrogen-bond donors (Lipinski definition) is 2. The maximum Gasteiger partial charge on any atom is 0.244 e. The Labute approximate surface area is 222 Å². The lowest BCUT2D eigenvalue weighted by Crippen LogP contribution is -2.50. The quantitative estimate of drug-likeness (QED) is 0.534. The maximum atomic E-state index is 13.4. The van der Waals surface area contributed by atoms with Crippen LogP contribution in [0.15, 0.2) is 60.8 Å². The smallest absolute Gasteiger partial charge is 0.244 e. The Bertz CT molecular complexity index is 1480. The predicted molar refractivity (Wildman–Crippen MR) is 146 cm³/mol. The van der Waals surface area contributed by atoms with Crippen LogP contribution in [0.3, 0.4) is 0 Å². The summed E-state index contributed by atoms with van der Waals surface area (Å²) in [7, 11) is 0. The van der Waals surface area contributed by atoms with Gasteiger partial charge in [-0.25, -0.2) is 4.98 Å². The second-order valence-electron chi connectivity index (χ2n) is 11.6. The Balaban J connectivity index is 1.21. The van der Waals surface area contributed by atoms with Gasteiger partial charge in [0, 0.05) is 22.9 Å². The molecule has 3 aromatic rings. The van der Waals surface area contributed by atoms with Crippen LogP contribution in [-0.2, 0) is 32.6 Å². The highest BCUT2D eigenvalue weighted by Crippen LogP contribution is 2.47. The Morgan fingerprint density at radius 2 is 1.89 bits per heavy atom. The van der Waals surface area contributed by atoms with Crippen LogP contribution in [0.1, 0.15) is 60.5 Å². The molecule has 0 bridgehead atoms. The second kappa shape index (κ2) is 8.79. The second-order valence-corrected chi connectivity index (χ2v) is 11.6. The molecular weight excluding hydrogens is 476 g/mol. The Hall–Kier alpha value is -4.00. The van der Waals surface area contributed by atoms with Crippen LogP contribution in [0.4, 0.5) is 11.5 Å². The zero-order valence-corrected chi connectivity index (χ0v) is 22.0. The normalized spacial score (nSPS) is 23.2. The number of pyridine rings is 1. The lowest BCUT2D eigenvalue weighted by atomic mass is 9.78. The third-order valence-corrected chi connectivity index (χ3v) is 8.46. The summed E-state index contributed by atoms with van der Waals surface area (Å²) in [4.78, 5) is 45.8. The summed E-state index contributed by atoms with van der Waals surface area (Å²) in [5.41, 5.74) is 4.79. The maximum absolute atomic E-state index is 13.4. The number of likely N-dealkylation sites (tertiary alicyclic amines) is 1. The first-order valence-corrected chi connectivity index (χ1v) is 13.2. The molecule has 2 aromatic carbocycles. The number of carbonyl (C=O) groups is 3. The van der Waals surface area contributed by atoms with E-state index in [0.29, 0.717) is 24.3 Å². The van der Waals surface area contributed by atoms with Crippen LogP contribution in [-0.4, -0.2) is 34.2 Å². The molecule has 3 amide bonds. The van der Waals surface area contributed by atoms with Gasteiger partial charge < -0.3 is 15.5 Å². The fourth-order valence-electron chi connectivity index (χ4n) is 6.40. The third kappa shape index (κ3) is 3.97. The third-order valence-electron chi connectivity index (χ3n) is 8.46. The Morgan fingerprint density at radius 3 is 2.71 bits per heavy atom. The van der Waals surface area contributed by atoms with Gasteiger partial charge in [0.2, 0.25) is 17.7 Å². The summed E-state index contributed by atoms with van der Waals surface area (Å²) in [5.74, 6) is 0.382. The highest BCUT2D eigenvalue weighted by atomic mass is 16.2. The summed E-state index contributed by atoms with van der Waals surface area (Å²) in [6, 6.07) is 17.7. The molecule has 3 aliphatic rings. The summed E-state index contributed by atoms with van der Waals surface area (Å²) in [6.07, 6.45) is 4.45. The molecule has 7 heteroatoms. The van der Waals surface area contributed by atoms with Gasteiger partial charge in [-0.1, -0.05) is 55.8 Å². The van der Waals surface area contributed by atoms with E-state index in [1.165, 1.54) is 0 Å². The van der Waals surface area contributed by atoms with Crippen molar-refractivity contribution >= 4 is 29.2 Å². The molecule has 38 heavy (non-hydrogen) atoms. The van der Waals surface area contributed by atoms with Gasteiger partial charge in [0.15, 0.2) is 0 Å². The predicted octanol–water partition coefficient (Wildman–Crippen LogP) is 4.71. The molecule has 6 rings (SSSR count). The molecule has 7 nitrogen and oxygen atoms in total. The van der Waals surface area contributed by atoms with Crippen LogP contribution in [0.25, 0.3) is 0 Å². The number of aromatic nitrogens is 1. The molecule has 1 aliphatic carbocycles. The summed E-state index contributed by atoms with van der Waals surface area (Å²) in [6.45, 7) is 5.94. The van der Waals surface area contributed by atoms with Crippen molar-refractivity contribution in [2.75, 3.05) is 17.2 Å². The zero-order valence-electron chi connectivity index (χ0n) is 22.0. The average molecular weight is 509 g/mol. The van der Waals surface area contributed by atoms with Crippen LogP contribution < -0.4 is 10.6 Å². The number of anilines is 2. The molecule has 0 saturated carbocycles. The van der Waals surface area contributed by atoms with E-state index < -0.39 is 10.8 Å². The van der Waals surface area contributed by atoms with Gasteiger partial charge in [-0.15, -0.1) is 0 Å². The highest BCUT2D eigenvalue weighted by molar-refractivity contribution is 6.06. The van der Waals surface area contributed by atoms with Crippen molar-refractivity contribution in [2.24, 2.45) is 5.41 Å². The molecule has 1 aromatic heterocycles. The van der Waals surface area contributed by atoms with E-state index in [-0.39, 0.29) is 30.3 Å². The van der Waals surface area contributed by atoms with E-state index in [1.54, 1.807) is 11.1 Å². The Kier molecular flexibility index (Phi) is 5.63. The molecule has 2 aliphatic heterocycles. The highest BCUT2D eigenvalue weighted by Gasteiger charge is 2.51. The summed E-state index contributed by atoms with van der Waals surface area (Å²) >= 11 is 0. The van der Waals surface area contributed by atoms with E-state index in [2.05, 4.69) is 21.7 Å². The van der Waals surface area contributed by atoms with E-state index in [0.717, 1.165) is 40.7 Å². The standard InChI is InChI=1S/C31H32N4O3/c1-19-6-4-7-20(14-19)25-11-12-30(2,3)29(38)35(25)18-26(36)33-23-10-9-21-16-31(17-22(21)15-23)24-8-5-13-32-27(24)34-28(31)37/h4-10,13-15,25H,11-12,16-18H2,1-3H3,(H,33,36)(H,32,34,37)/t25-,31+/m0/s1. The van der Waals surface area contributed by atoms with E-state index in [1.807, 2.05) is 69.3 Å².